The summed E-state index contributed by atoms with van der Waals surface area (Å²) in [5.74, 6) is 0. The van der Waals surface area contributed by atoms with E-state index in [1.54, 1.807) is 16.3 Å². The Hall–Kier alpha value is -3.36. The Morgan fingerprint density at radius 2 is 1.42 bits per heavy atom. The minimum absolute atomic E-state index is 0.449. The van der Waals surface area contributed by atoms with E-state index in [0.29, 0.717) is 5.54 Å². The average Bonchev–Trinajstić information content (AvgIpc) is 3.48. The van der Waals surface area contributed by atoms with Gasteiger partial charge in [0.05, 0.1) is 13.8 Å². The van der Waals surface area contributed by atoms with Crippen molar-refractivity contribution in [2.24, 2.45) is 7.05 Å². The van der Waals surface area contributed by atoms with E-state index >= 15 is 0 Å². The Morgan fingerprint density at radius 3 is 2.30 bits per heavy atom. The average molecular weight is 442 g/mol. The molecule has 0 aliphatic heterocycles. The van der Waals surface area contributed by atoms with Gasteiger partial charge in [-0.15, -0.1) is 0 Å². The van der Waals surface area contributed by atoms with E-state index in [1.165, 1.54) is 44.4 Å². The fourth-order valence-electron chi connectivity index (χ4n) is 6.83. The van der Waals surface area contributed by atoms with Crippen LogP contribution in [-0.2, 0) is 13.5 Å². The molecular weight excluding hydrogens is 414 g/mol. The maximum Gasteiger partial charge on any atom is 0.0932 e. The van der Waals surface area contributed by atoms with Gasteiger partial charge in [-0.3, -0.25) is 0 Å². The SMILES string of the molecule is Cn1c2c(c3ccccc31)C([Si](C)(C)c1cccc3c1Cc1ccccc1-3)c1ccccc1-2. The first kappa shape index (κ1) is 19.1. The van der Waals surface area contributed by atoms with Crippen LogP contribution in [0.15, 0.2) is 91.0 Å². The Morgan fingerprint density at radius 1 is 0.727 bits per heavy atom. The van der Waals surface area contributed by atoms with Gasteiger partial charge in [0.1, 0.15) is 0 Å². The van der Waals surface area contributed by atoms with Crippen LogP contribution in [0.3, 0.4) is 0 Å². The van der Waals surface area contributed by atoms with E-state index in [0.717, 1.165) is 6.42 Å². The molecule has 4 aromatic carbocycles. The monoisotopic (exact) mass is 441 g/mol. The first-order valence-electron chi connectivity index (χ1n) is 11.9. The molecule has 1 aromatic heterocycles. The van der Waals surface area contributed by atoms with Gasteiger partial charge in [-0.05, 0) is 45.9 Å². The standard InChI is InChI=1S/C31H27NSi/c1-32-27-17-9-8-15-25(27)29-30(32)23-13-6-7-14-24(23)31(29)33(2,3)28-18-10-16-22-21-12-5-4-11-20(21)19-26(22)28/h4-18,31H,19H2,1-3H3. The highest BCUT2D eigenvalue weighted by Crippen LogP contribution is 2.53. The summed E-state index contributed by atoms with van der Waals surface area (Å²) in [6.07, 6.45) is 1.06. The molecule has 2 heteroatoms. The number of rotatable bonds is 2. The van der Waals surface area contributed by atoms with Crippen LogP contribution in [-0.4, -0.2) is 12.6 Å². The molecule has 1 unspecified atom stereocenters. The summed E-state index contributed by atoms with van der Waals surface area (Å²) in [6, 6.07) is 34.2. The normalized spacial score (nSPS) is 15.9. The van der Waals surface area contributed by atoms with Crippen molar-refractivity contribution in [2.75, 3.05) is 0 Å². The van der Waals surface area contributed by atoms with Gasteiger partial charge in [0.25, 0.3) is 0 Å². The highest BCUT2D eigenvalue weighted by Gasteiger charge is 2.45. The molecule has 0 N–H and O–H groups in total. The summed E-state index contributed by atoms with van der Waals surface area (Å²) in [4.78, 5) is 0. The Bertz CT molecular complexity index is 1590. The molecule has 0 fully saturated rings. The molecule has 0 spiro atoms. The van der Waals surface area contributed by atoms with E-state index in [-0.39, 0.29) is 0 Å². The predicted octanol–water partition coefficient (Wildman–Crippen LogP) is 7.02. The fraction of sp³-hybridized carbons (Fsp3) is 0.161. The highest BCUT2D eigenvalue weighted by molar-refractivity contribution is 6.92. The number of para-hydroxylation sites is 1. The molecule has 5 aromatic rings. The zero-order valence-corrected chi connectivity index (χ0v) is 20.4. The van der Waals surface area contributed by atoms with Crippen LogP contribution >= 0.6 is 0 Å². The van der Waals surface area contributed by atoms with Crippen LogP contribution in [0.5, 0.6) is 0 Å². The second-order valence-corrected chi connectivity index (χ2v) is 14.8. The molecule has 1 heterocycles. The lowest BCUT2D eigenvalue weighted by atomic mass is 10.1. The van der Waals surface area contributed by atoms with Crippen molar-refractivity contribution in [1.82, 2.24) is 4.57 Å². The number of benzene rings is 4. The topological polar surface area (TPSA) is 4.93 Å². The zero-order valence-electron chi connectivity index (χ0n) is 19.4. The molecule has 0 bridgehead atoms. The van der Waals surface area contributed by atoms with Crippen LogP contribution in [0, 0.1) is 0 Å². The van der Waals surface area contributed by atoms with Gasteiger partial charge in [-0.2, -0.15) is 0 Å². The number of aromatic nitrogens is 1. The van der Waals surface area contributed by atoms with Gasteiger partial charge in [-0.1, -0.05) is 103 Å². The maximum absolute atomic E-state index is 2.60. The molecule has 2 aliphatic rings. The molecular formula is C31H27NSi. The van der Waals surface area contributed by atoms with E-state index in [9.17, 15) is 0 Å². The summed E-state index contributed by atoms with van der Waals surface area (Å²) in [6.45, 7) is 5.20. The minimum Gasteiger partial charge on any atom is -0.343 e. The molecule has 1 nitrogen and oxygen atoms in total. The van der Waals surface area contributed by atoms with Crippen molar-refractivity contribution in [1.29, 1.82) is 0 Å². The van der Waals surface area contributed by atoms with Gasteiger partial charge >= 0.3 is 0 Å². The van der Waals surface area contributed by atoms with Crippen LogP contribution in [0.1, 0.15) is 27.8 Å². The van der Waals surface area contributed by atoms with Crippen LogP contribution < -0.4 is 5.19 Å². The van der Waals surface area contributed by atoms with Crippen molar-refractivity contribution < 1.29 is 0 Å². The summed E-state index contributed by atoms with van der Waals surface area (Å²) in [5.41, 5.74) is 13.6. The number of hydrogen-bond acceptors (Lipinski definition) is 0. The van der Waals surface area contributed by atoms with Crippen LogP contribution in [0.2, 0.25) is 13.1 Å². The fourth-order valence-corrected chi connectivity index (χ4v) is 10.7. The smallest absolute Gasteiger partial charge is 0.0932 e. The summed E-state index contributed by atoms with van der Waals surface area (Å²) < 4.78 is 2.43. The van der Waals surface area contributed by atoms with E-state index in [1.807, 2.05) is 0 Å². The number of nitrogens with zero attached hydrogens (tertiary/aromatic N) is 1. The Labute approximate surface area is 196 Å². The molecule has 160 valence electrons. The number of hydrogen-bond donors (Lipinski definition) is 0. The van der Waals surface area contributed by atoms with E-state index in [2.05, 4.69) is 116 Å². The Balaban J connectivity index is 1.50. The summed E-state index contributed by atoms with van der Waals surface area (Å²) in [7, 11) is 0.280. The number of aryl methyl sites for hydroxylation is 1. The Kier molecular flexibility index (Phi) is 3.82. The molecule has 0 radical (unpaired) electrons. The zero-order chi connectivity index (χ0) is 22.3. The molecule has 0 saturated heterocycles. The van der Waals surface area contributed by atoms with Crippen molar-refractivity contribution >= 4 is 24.2 Å². The second kappa shape index (κ2) is 6.58. The van der Waals surface area contributed by atoms with Crippen molar-refractivity contribution in [3.8, 4) is 22.4 Å². The predicted molar refractivity (Wildman–Crippen MR) is 142 cm³/mol. The molecule has 1 atom stereocenters. The molecule has 7 rings (SSSR count). The van der Waals surface area contributed by atoms with Crippen molar-refractivity contribution in [2.45, 2.75) is 25.1 Å². The highest BCUT2D eigenvalue weighted by atomic mass is 28.3. The molecule has 33 heavy (non-hydrogen) atoms. The minimum atomic E-state index is -1.96. The molecule has 2 aliphatic carbocycles. The largest absolute Gasteiger partial charge is 0.343 e. The third kappa shape index (κ3) is 2.42. The maximum atomic E-state index is 2.60. The van der Waals surface area contributed by atoms with E-state index < -0.39 is 8.07 Å². The summed E-state index contributed by atoms with van der Waals surface area (Å²) in [5, 5.41) is 3.05. The third-order valence-corrected chi connectivity index (χ3v) is 12.1. The summed E-state index contributed by atoms with van der Waals surface area (Å²) >= 11 is 0. The van der Waals surface area contributed by atoms with Gasteiger partial charge in [0, 0.05) is 29.1 Å². The molecule has 0 saturated carbocycles. The van der Waals surface area contributed by atoms with Gasteiger partial charge in [-0.25, -0.2) is 0 Å². The van der Waals surface area contributed by atoms with Gasteiger partial charge < -0.3 is 4.57 Å². The van der Waals surface area contributed by atoms with Crippen LogP contribution in [0.4, 0.5) is 0 Å². The first-order valence-corrected chi connectivity index (χ1v) is 15.0. The van der Waals surface area contributed by atoms with Crippen molar-refractivity contribution in [3.05, 3.63) is 113 Å². The lowest BCUT2D eigenvalue weighted by Crippen LogP contribution is -2.49. The second-order valence-electron chi connectivity index (χ2n) is 10.2. The first-order chi connectivity index (χ1) is 16.1. The molecule has 0 amide bonds. The lowest BCUT2D eigenvalue weighted by molar-refractivity contribution is 0.977. The van der Waals surface area contributed by atoms with Gasteiger partial charge in [0.2, 0.25) is 0 Å². The quantitative estimate of drug-likeness (QED) is 0.255. The lowest BCUT2D eigenvalue weighted by Gasteiger charge is -2.33. The number of fused-ring (bicyclic) bond motifs is 8. The third-order valence-electron chi connectivity index (χ3n) is 8.23. The van der Waals surface area contributed by atoms with E-state index in [4.69, 9.17) is 0 Å². The van der Waals surface area contributed by atoms with Crippen molar-refractivity contribution in [3.63, 3.8) is 0 Å². The van der Waals surface area contributed by atoms with Crippen LogP contribution in [0.25, 0.3) is 33.3 Å². The van der Waals surface area contributed by atoms with Gasteiger partial charge in [0.15, 0.2) is 0 Å².